The highest BCUT2D eigenvalue weighted by Crippen LogP contribution is 2.29. The SMILES string of the molecule is O=C([O-])C(CCCl)Oc1ccc(Br)cc1Br. The van der Waals surface area contributed by atoms with Gasteiger partial charge in [0.1, 0.15) is 11.9 Å². The van der Waals surface area contributed by atoms with Crippen LogP contribution in [0.1, 0.15) is 6.42 Å². The molecule has 1 aromatic carbocycles. The molecule has 16 heavy (non-hydrogen) atoms. The maximum atomic E-state index is 10.8. The van der Waals surface area contributed by atoms with Crippen LogP contribution >= 0.6 is 43.5 Å². The van der Waals surface area contributed by atoms with Crippen molar-refractivity contribution in [3.05, 3.63) is 27.1 Å². The fourth-order valence-electron chi connectivity index (χ4n) is 1.05. The van der Waals surface area contributed by atoms with Gasteiger partial charge in [-0.1, -0.05) is 15.9 Å². The number of carbonyl (C=O) groups is 1. The Morgan fingerprint density at radius 3 is 2.69 bits per heavy atom. The monoisotopic (exact) mass is 369 g/mol. The molecule has 0 aromatic heterocycles. The van der Waals surface area contributed by atoms with Gasteiger partial charge in [0.15, 0.2) is 0 Å². The lowest BCUT2D eigenvalue weighted by Crippen LogP contribution is -2.39. The molecule has 0 bridgehead atoms. The van der Waals surface area contributed by atoms with Crippen LogP contribution < -0.4 is 9.84 Å². The minimum absolute atomic E-state index is 0.201. The summed E-state index contributed by atoms with van der Waals surface area (Å²) in [4.78, 5) is 10.8. The van der Waals surface area contributed by atoms with E-state index in [1.807, 2.05) is 0 Å². The van der Waals surface area contributed by atoms with E-state index in [0.29, 0.717) is 10.2 Å². The first-order valence-electron chi connectivity index (χ1n) is 4.43. The van der Waals surface area contributed by atoms with Gasteiger partial charge in [-0.3, -0.25) is 0 Å². The fourth-order valence-corrected chi connectivity index (χ4v) is 2.39. The van der Waals surface area contributed by atoms with Crippen molar-refractivity contribution in [1.82, 2.24) is 0 Å². The van der Waals surface area contributed by atoms with Crippen molar-refractivity contribution in [3.63, 3.8) is 0 Å². The second kappa shape index (κ2) is 6.47. The molecule has 0 radical (unpaired) electrons. The largest absolute Gasteiger partial charge is 0.546 e. The number of rotatable bonds is 5. The summed E-state index contributed by atoms with van der Waals surface area (Å²) in [5, 5.41) is 10.8. The molecule has 0 saturated carbocycles. The molecule has 1 atom stereocenters. The van der Waals surface area contributed by atoms with Gasteiger partial charge in [0, 0.05) is 16.8 Å². The zero-order chi connectivity index (χ0) is 12.1. The van der Waals surface area contributed by atoms with Crippen molar-refractivity contribution >= 4 is 49.4 Å². The molecule has 1 rings (SSSR count). The Labute approximate surface area is 115 Å². The molecule has 1 unspecified atom stereocenters. The third-order valence-electron chi connectivity index (χ3n) is 1.80. The number of carboxylic acid groups (broad SMARTS) is 1. The number of hydrogen-bond donors (Lipinski definition) is 0. The van der Waals surface area contributed by atoms with Gasteiger partial charge in [-0.15, -0.1) is 11.6 Å². The van der Waals surface area contributed by atoms with Crippen molar-refractivity contribution in [2.24, 2.45) is 0 Å². The number of benzene rings is 1. The topological polar surface area (TPSA) is 49.4 Å². The lowest BCUT2D eigenvalue weighted by molar-refractivity contribution is -0.313. The number of alkyl halides is 1. The average molecular weight is 371 g/mol. The predicted octanol–water partition coefficient (Wildman–Crippen LogP) is 2.34. The summed E-state index contributed by atoms with van der Waals surface area (Å²) in [6.45, 7) is 0. The summed E-state index contributed by atoms with van der Waals surface area (Å²) in [5.74, 6) is -0.620. The van der Waals surface area contributed by atoms with Gasteiger partial charge in [0.25, 0.3) is 0 Å². The van der Waals surface area contributed by atoms with E-state index in [0.717, 1.165) is 4.47 Å². The van der Waals surface area contributed by atoms with Crippen molar-refractivity contribution in [2.75, 3.05) is 5.88 Å². The van der Waals surface area contributed by atoms with Gasteiger partial charge in [0.2, 0.25) is 0 Å². The normalized spacial score (nSPS) is 12.2. The summed E-state index contributed by atoms with van der Waals surface area (Å²) in [6.07, 6.45) is -0.832. The molecular weight excluding hydrogens is 363 g/mol. The standard InChI is InChI=1S/C10H9Br2ClO3/c11-6-1-2-8(7(12)5-6)16-9(3-4-13)10(14)15/h1-2,5,9H,3-4H2,(H,14,15)/p-1. The molecule has 0 aliphatic heterocycles. The zero-order valence-corrected chi connectivity index (χ0v) is 12.0. The molecule has 0 aliphatic carbocycles. The number of ether oxygens (including phenoxy) is 1. The smallest absolute Gasteiger partial charge is 0.139 e. The van der Waals surface area contributed by atoms with Gasteiger partial charge < -0.3 is 14.6 Å². The van der Waals surface area contributed by atoms with E-state index in [9.17, 15) is 9.90 Å². The quantitative estimate of drug-likeness (QED) is 0.747. The van der Waals surface area contributed by atoms with E-state index in [-0.39, 0.29) is 12.3 Å². The third-order valence-corrected chi connectivity index (χ3v) is 3.13. The zero-order valence-electron chi connectivity index (χ0n) is 8.08. The maximum Gasteiger partial charge on any atom is 0.139 e. The average Bonchev–Trinajstić information content (AvgIpc) is 2.20. The molecule has 6 heteroatoms. The number of carbonyl (C=O) groups excluding carboxylic acids is 1. The van der Waals surface area contributed by atoms with Crippen LogP contribution in [0.15, 0.2) is 27.1 Å². The minimum atomic E-state index is -1.27. The Morgan fingerprint density at radius 2 is 2.19 bits per heavy atom. The lowest BCUT2D eigenvalue weighted by Gasteiger charge is -2.19. The highest BCUT2D eigenvalue weighted by Gasteiger charge is 2.13. The van der Waals surface area contributed by atoms with Crippen molar-refractivity contribution in [3.8, 4) is 5.75 Å². The fraction of sp³-hybridized carbons (Fsp3) is 0.300. The van der Waals surface area contributed by atoms with E-state index in [1.54, 1.807) is 18.2 Å². The molecule has 0 fully saturated rings. The molecule has 0 amide bonds. The van der Waals surface area contributed by atoms with Crippen LogP contribution in [-0.4, -0.2) is 18.0 Å². The Bertz CT molecular complexity index is 384. The summed E-state index contributed by atoms with van der Waals surface area (Å²) in [6, 6.07) is 5.19. The van der Waals surface area contributed by atoms with Crippen LogP contribution in [0.25, 0.3) is 0 Å². The molecule has 0 heterocycles. The number of hydrogen-bond acceptors (Lipinski definition) is 3. The molecule has 0 spiro atoms. The van der Waals surface area contributed by atoms with Crippen molar-refractivity contribution < 1.29 is 14.6 Å². The molecule has 0 saturated heterocycles. The summed E-state index contributed by atoms with van der Waals surface area (Å²) in [7, 11) is 0. The first kappa shape index (κ1) is 13.8. The summed E-state index contributed by atoms with van der Waals surface area (Å²) in [5.41, 5.74) is 0. The van der Waals surface area contributed by atoms with E-state index < -0.39 is 12.1 Å². The molecule has 0 aliphatic rings. The minimum Gasteiger partial charge on any atom is -0.546 e. The van der Waals surface area contributed by atoms with E-state index in [4.69, 9.17) is 16.3 Å². The van der Waals surface area contributed by atoms with Crippen LogP contribution in [0, 0.1) is 0 Å². The number of aliphatic carboxylic acids is 1. The van der Waals surface area contributed by atoms with E-state index in [2.05, 4.69) is 31.9 Å². The number of halogens is 3. The molecular formula is C10H8Br2ClO3-. The second-order valence-electron chi connectivity index (χ2n) is 2.98. The lowest BCUT2D eigenvalue weighted by atomic mass is 10.2. The molecule has 0 N–H and O–H groups in total. The van der Waals surface area contributed by atoms with E-state index in [1.165, 1.54) is 0 Å². The Hall–Kier alpha value is -0.260. The van der Waals surface area contributed by atoms with Gasteiger partial charge in [0.05, 0.1) is 10.4 Å². The van der Waals surface area contributed by atoms with Crippen LogP contribution in [0.3, 0.4) is 0 Å². The summed E-state index contributed by atoms with van der Waals surface area (Å²) >= 11 is 12.0. The number of carboxylic acids is 1. The first-order chi connectivity index (χ1) is 7.54. The van der Waals surface area contributed by atoms with Gasteiger partial charge in [-0.2, -0.15) is 0 Å². The van der Waals surface area contributed by atoms with Gasteiger partial charge in [-0.25, -0.2) is 0 Å². The predicted molar refractivity (Wildman–Crippen MR) is 66.6 cm³/mol. The van der Waals surface area contributed by atoms with Crippen LogP contribution in [-0.2, 0) is 4.79 Å². The van der Waals surface area contributed by atoms with Crippen LogP contribution in [0.4, 0.5) is 0 Å². The van der Waals surface area contributed by atoms with Crippen molar-refractivity contribution in [2.45, 2.75) is 12.5 Å². The Balaban J connectivity index is 2.81. The Morgan fingerprint density at radius 1 is 1.50 bits per heavy atom. The van der Waals surface area contributed by atoms with Crippen molar-refractivity contribution in [1.29, 1.82) is 0 Å². The Kier molecular flexibility index (Phi) is 5.58. The first-order valence-corrected chi connectivity index (χ1v) is 6.55. The third kappa shape index (κ3) is 3.96. The molecule has 1 aromatic rings. The summed E-state index contributed by atoms with van der Waals surface area (Å²) < 4.78 is 6.83. The molecule has 88 valence electrons. The van der Waals surface area contributed by atoms with Gasteiger partial charge in [-0.05, 0) is 34.1 Å². The second-order valence-corrected chi connectivity index (χ2v) is 5.13. The molecule has 3 nitrogen and oxygen atoms in total. The highest BCUT2D eigenvalue weighted by atomic mass is 79.9. The van der Waals surface area contributed by atoms with E-state index >= 15 is 0 Å². The van der Waals surface area contributed by atoms with Gasteiger partial charge >= 0.3 is 0 Å². The maximum absolute atomic E-state index is 10.8. The highest BCUT2D eigenvalue weighted by molar-refractivity contribution is 9.11. The van der Waals surface area contributed by atoms with Crippen LogP contribution in [0.5, 0.6) is 5.75 Å². The van der Waals surface area contributed by atoms with Crippen LogP contribution in [0.2, 0.25) is 0 Å².